The molecule has 0 aliphatic rings. The van der Waals surface area contributed by atoms with E-state index in [1.165, 1.54) is 6.07 Å². The SMILES string of the molecule is CC(C)Oc1ccnc(-c2cccc(F)c2C=O)c1. The number of hydrogen-bond donors (Lipinski definition) is 0. The summed E-state index contributed by atoms with van der Waals surface area (Å²) in [4.78, 5) is 15.1. The van der Waals surface area contributed by atoms with Gasteiger partial charge in [0, 0.05) is 17.8 Å². The molecule has 0 saturated heterocycles. The Morgan fingerprint density at radius 1 is 1.32 bits per heavy atom. The van der Waals surface area contributed by atoms with Crippen molar-refractivity contribution in [3.8, 4) is 17.0 Å². The van der Waals surface area contributed by atoms with Crippen molar-refractivity contribution in [2.75, 3.05) is 0 Å². The summed E-state index contributed by atoms with van der Waals surface area (Å²) in [5.74, 6) is 0.0885. The van der Waals surface area contributed by atoms with Crippen LogP contribution in [0.3, 0.4) is 0 Å². The van der Waals surface area contributed by atoms with Crippen LogP contribution >= 0.6 is 0 Å². The summed E-state index contributed by atoms with van der Waals surface area (Å²) in [6.07, 6.45) is 2.11. The molecule has 98 valence electrons. The molecule has 0 unspecified atom stereocenters. The van der Waals surface area contributed by atoms with E-state index in [4.69, 9.17) is 4.74 Å². The van der Waals surface area contributed by atoms with Gasteiger partial charge in [0.2, 0.25) is 0 Å². The van der Waals surface area contributed by atoms with Crippen molar-refractivity contribution in [2.24, 2.45) is 0 Å². The lowest BCUT2D eigenvalue weighted by Crippen LogP contribution is -2.05. The summed E-state index contributed by atoms with van der Waals surface area (Å²) < 4.78 is 19.1. The van der Waals surface area contributed by atoms with E-state index in [9.17, 15) is 9.18 Å². The fourth-order valence-electron chi connectivity index (χ4n) is 1.78. The van der Waals surface area contributed by atoms with Crippen molar-refractivity contribution >= 4 is 6.29 Å². The van der Waals surface area contributed by atoms with E-state index >= 15 is 0 Å². The highest BCUT2D eigenvalue weighted by atomic mass is 19.1. The van der Waals surface area contributed by atoms with Crippen molar-refractivity contribution in [1.29, 1.82) is 0 Å². The molecule has 0 fully saturated rings. The summed E-state index contributed by atoms with van der Waals surface area (Å²) in [6.45, 7) is 3.83. The Bertz CT molecular complexity index is 596. The molecule has 0 radical (unpaired) electrons. The Morgan fingerprint density at radius 2 is 2.11 bits per heavy atom. The number of carbonyl (C=O) groups is 1. The van der Waals surface area contributed by atoms with Gasteiger partial charge in [-0.2, -0.15) is 0 Å². The minimum absolute atomic E-state index is 0.0108. The van der Waals surface area contributed by atoms with Crippen LogP contribution in [-0.4, -0.2) is 17.4 Å². The van der Waals surface area contributed by atoms with E-state index in [0.29, 0.717) is 23.3 Å². The molecule has 0 aliphatic heterocycles. The summed E-state index contributed by atoms with van der Waals surface area (Å²) in [5.41, 5.74) is 0.987. The first-order valence-corrected chi connectivity index (χ1v) is 5.98. The van der Waals surface area contributed by atoms with E-state index in [-0.39, 0.29) is 11.7 Å². The highest BCUT2D eigenvalue weighted by molar-refractivity contribution is 5.87. The molecule has 2 rings (SSSR count). The molecule has 1 aromatic heterocycles. The van der Waals surface area contributed by atoms with E-state index < -0.39 is 5.82 Å². The number of halogens is 1. The van der Waals surface area contributed by atoms with Gasteiger partial charge in [-0.05, 0) is 26.0 Å². The number of nitrogens with zero attached hydrogens (tertiary/aromatic N) is 1. The van der Waals surface area contributed by atoms with Crippen LogP contribution in [-0.2, 0) is 0 Å². The molecule has 0 atom stereocenters. The summed E-state index contributed by atoms with van der Waals surface area (Å²) in [7, 11) is 0. The summed E-state index contributed by atoms with van der Waals surface area (Å²) >= 11 is 0. The van der Waals surface area contributed by atoms with Gasteiger partial charge < -0.3 is 4.74 Å². The van der Waals surface area contributed by atoms with Crippen LogP contribution in [0.25, 0.3) is 11.3 Å². The van der Waals surface area contributed by atoms with Gasteiger partial charge in [-0.1, -0.05) is 12.1 Å². The predicted molar refractivity (Wildman–Crippen MR) is 70.8 cm³/mol. The molecule has 0 bridgehead atoms. The number of rotatable bonds is 4. The Hall–Kier alpha value is -2.23. The van der Waals surface area contributed by atoms with Crippen molar-refractivity contribution in [2.45, 2.75) is 20.0 Å². The molecule has 0 N–H and O–H groups in total. The van der Waals surface area contributed by atoms with E-state index in [0.717, 1.165) is 0 Å². The number of pyridine rings is 1. The molecule has 0 amide bonds. The van der Waals surface area contributed by atoms with E-state index in [1.807, 2.05) is 13.8 Å². The zero-order valence-corrected chi connectivity index (χ0v) is 10.8. The molecule has 0 saturated carbocycles. The van der Waals surface area contributed by atoms with Gasteiger partial charge in [0.1, 0.15) is 11.6 Å². The Morgan fingerprint density at radius 3 is 2.79 bits per heavy atom. The Labute approximate surface area is 111 Å². The maximum absolute atomic E-state index is 13.6. The molecular formula is C15H14FNO2. The third kappa shape index (κ3) is 2.96. The van der Waals surface area contributed by atoms with Crippen molar-refractivity contribution in [3.05, 3.63) is 47.9 Å². The van der Waals surface area contributed by atoms with Crippen LogP contribution in [0.5, 0.6) is 5.75 Å². The lowest BCUT2D eigenvalue weighted by molar-refractivity contribution is 0.112. The lowest BCUT2D eigenvalue weighted by atomic mass is 10.0. The molecule has 2 aromatic rings. The zero-order valence-electron chi connectivity index (χ0n) is 10.8. The van der Waals surface area contributed by atoms with Crippen LogP contribution in [0.1, 0.15) is 24.2 Å². The van der Waals surface area contributed by atoms with Gasteiger partial charge in [0.05, 0.1) is 17.4 Å². The van der Waals surface area contributed by atoms with Gasteiger partial charge in [0.25, 0.3) is 0 Å². The van der Waals surface area contributed by atoms with Crippen LogP contribution in [0, 0.1) is 5.82 Å². The van der Waals surface area contributed by atoms with Crippen molar-refractivity contribution < 1.29 is 13.9 Å². The third-order valence-corrected chi connectivity index (χ3v) is 2.55. The van der Waals surface area contributed by atoms with E-state index in [2.05, 4.69) is 4.98 Å². The third-order valence-electron chi connectivity index (χ3n) is 2.55. The monoisotopic (exact) mass is 259 g/mol. The number of benzene rings is 1. The first kappa shape index (κ1) is 13.2. The highest BCUT2D eigenvalue weighted by Gasteiger charge is 2.11. The summed E-state index contributed by atoms with van der Waals surface area (Å²) in [5, 5.41) is 0. The maximum atomic E-state index is 13.6. The van der Waals surface area contributed by atoms with Crippen LogP contribution in [0.4, 0.5) is 4.39 Å². The first-order valence-electron chi connectivity index (χ1n) is 5.98. The Balaban J connectivity index is 2.47. The number of hydrogen-bond acceptors (Lipinski definition) is 3. The second kappa shape index (κ2) is 5.61. The topological polar surface area (TPSA) is 39.2 Å². The molecule has 1 heterocycles. The van der Waals surface area contributed by atoms with Gasteiger partial charge in [-0.15, -0.1) is 0 Å². The molecule has 0 aliphatic carbocycles. The van der Waals surface area contributed by atoms with Gasteiger partial charge in [-0.3, -0.25) is 9.78 Å². The van der Waals surface area contributed by atoms with Crippen LogP contribution in [0.2, 0.25) is 0 Å². The van der Waals surface area contributed by atoms with E-state index in [1.54, 1.807) is 30.5 Å². The average molecular weight is 259 g/mol. The second-order valence-electron chi connectivity index (χ2n) is 4.36. The molecule has 0 spiro atoms. The number of ether oxygens (including phenoxy) is 1. The summed E-state index contributed by atoms with van der Waals surface area (Å²) in [6, 6.07) is 7.89. The van der Waals surface area contributed by atoms with Gasteiger partial charge in [0.15, 0.2) is 6.29 Å². The largest absolute Gasteiger partial charge is 0.491 e. The van der Waals surface area contributed by atoms with Crippen molar-refractivity contribution in [3.63, 3.8) is 0 Å². The van der Waals surface area contributed by atoms with Crippen molar-refractivity contribution in [1.82, 2.24) is 4.98 Å². The van der Waals surface area contributed by atoms with Crippen LogP contribution in [0.15, 0.2) is 36.5 Å². The molecular weight excluding hydrogens is 245 g/mol. The maximum Gasteiger partial charge on any atom is 0.153 e. The van der Waals surface area contributed by atoms with Crippen LogP contribution < -0.4 is 4.74 Å². The molecule has 19 heavy (non-hydrogen) atoms. The number of carbonyl (C=O) groups excluding carboxylic acids is 1. The fraction of sp³-hybridized carbons (Fsp3) is 0.200. The smallest absolute Gasteiger partial charge is 0.153 e. The predicted octanol–water partition coefficient (Wildman–Crippen LogP) is 3.49. The fourth-order valence-corrected chi connectivity index (χ4v) is 1.78. The first-order chi connectivity index (χ1) is 9.11. The standard InChI is InChI=1S/C15H14FNO2/c1-10(2)19-11-6-7-17-15(8-11)12-4-3-5-14(16)13(12)9-18/h3-10H,1-2H3. The normalized spacial score (nSPS) is 10.5. The lowest BCUT2D eigenvalue weighted by Gasteiger charge is -2.11. The molecule has 3 nitrogen and oxygen atoms in total. The molecule has 1 aromatic carbocycles. The Kier molecular flexibility index (Phi) is 3.90. The number of aldehydes is 1. The minimum atomic E-state index is -0.551. The highest BCUT2D eigenvalue weighted by Crippen LogP contribution is 2.26. The van der Waals surface area contributed by atoms with Gasteiger partial charge >= 0.3 is 0 Å². The zero-order chi connectivity index (χ0) is 13.8. The quantitative estimate of drug-likeness (QED) is 0.789. The minimum Gasteiger partial charge on any atom is -0.491 e. The second-order valence-corrected chi connectivity index (χ2v) is 4.36. The molecule has 4 heteroatoms. The van der Waals surface area contributed by atoms with Gasteiger partial charge in [-0.25, -0.2) is 4.39 Å². The number of aromatic nitrogens is 1. The average Bonchev–Trinajstić information content (AvgIpc) is 2.38.